The Kier molecular flexibility index (Phi) is 4.23. The second kappa shape index (κ2) is 6.43. The molecule has 0 fully saturated rings. The van der Waals surface area contributed by atoms with Crippen LogP contribution in [0, 0.1) is 12.3 Å². The molecule has 0 spiro atoms. The third-order valence-corrected chi connectivity index (χ3v) is 6.44. The molecule has 0 radical (unpaired) electrons. The molecule has 0 N–H and O–H groups in total. The van der Waals surface area contributed by atoms with Gasteiger partial charge in [-0.05, 0) is 60.9 Å². The molecular formula is C26H28. The van der Waals surface area contributed by atoms with Gasteiger partial charge in [-0.1, -0.05) is 78.8 Å². The van der Waals surface area contributed by atoms with E-state index in [-0.39, 0.29) is 5.41 Å². The fourth-order valence-corrected chi connectivity index (χ4v) is 5.08. The third-order valence-electron chi connectivity index (χ3n) is 6.44. The summed E-state index contributed by atoms with van der Waals surface area (Å²) in [6.07, 6.45) is 10.1. The van der Waals surface area contributed by atoms with Crippen LogP contribution in [0.1, 0.15) is 55.7 Å². The molecule has 4 rings (SSSR count). The molecule has 0 nitrogen and oxygen atoms in total. The van der Waals surface area contributed by atoms with E-state index in [0.29, 0.717) is 5.92 Å². The van der Waals surface area contributed by atoms with E-state index < -0.39 is 0 Å². The maximum atomic E-state index is 4.00. The van der Waals surface area contributed by atoms with Crippen LogP contribution in [0.25, 0.3) is 11.1 Å². The van der Waals surface area contributed by atoms with Crippen molar-refractivity contribution in [1.82, 2.24) is 0 Å². The molecule has 2 unspecified atom stereocenters. The Bertz CT molecular complexity index is 925. The zero-order chi connectivity index (χ0) is 18.3. The number of hydrogen-bond acceptors (Lipinski definition) is 0. The maximum Gasteiger partial charge on any atom is 0.0193 e. The van der Waals surface area contributed by atoms with Crippen molar-refractivity contribution in [2.45, 2.75) is 46.0 Å². The topological polar surface area (TPSA) is 0 Å². The van der Waals surface area contributed by atoms with Gasteiger partial charge in [-0.25, -0.2) is 0 Å². The lowest BCUT2D eigenvalue weighted by Crippen LogP contribution is -2.27. The lowest BCUT2D eigenvalue weighted by Gasteiger charge is -2.39. The van der Waals surface area contributed by atoms with Crippen LogP contribution in [0.4, 0.5) is 0 Å². The molecule has 0 heteroatoms. The number of benzene rings is 2. The van der Waals surface area contributed by atoms with E-state index in [1.165, 1.54) is 33.4 Å². The van der Waals surface area contributed by atoms with E-state index in [2.05, 4.69) is 88.0 Å². The summed E-state index contributed by atoms with van der Waals surface area (Å²) in [5.74, 6) is 0.416. The summed E-state index contributed by atoms with van der Waals surface area (Å²) in [4.78, 5) is 0. The zero-order valence-corrected chi connectivity index (χ0v) is 16.2. The van der Waals surface area contributed by atoms with Gasteiger partial charge in [0.15, 0.2) is 0 Å². The van der Waals surface area contributed by atoms with E-state index in [1.807, 2.05) is 0 Å². The van der Waals surface area contributed by atoms with Crippen LogP contribution in [-0.4, -0.2) is 0 Å². The molecule has 2 atom stereocenters. The van der Waals surface area contributed by atoms with Crippen molar-refractivity contribution in [3.63, 3.8) is 0 Å². The summed E-state index contributed by atoms with van der Waals surface area (Å²) in [6, 6.07) is 15.9. The van der Waals surface area contributed by atoms with Crippen molar-refractivity contribution in [2.24, 2.45) is 5.41 Å². The van der Waals surface area contributed by atoms with Gasteiger partial charge < -0.3 is 0 Å². The molecule has 0 saturated carbocycles. The van der Waals surface area contributed by atoms with Crippen LogP contribution < -0.4 is 0 Å². The number of hydrogen-bond donors (Lipinski definition) is 0. The van der Waals surface area contributed by atoms with E-state index in [4.69, 9.17) is 0 Å². The van der Waals surface area contributed by atoms with E-state index in [9.17, 15) is 0 Å². The van der Waals surface area contributed by atoms with E-state index in [1.54, 1.807) is 5.57 Å². The highest BCUT2D eigenvalue weighted by Crippen LogP contribution is 2.58. The van der Waals surface area contributed by atoms with Gasteiger partial charge in [0, 0.05) is 11.3 Å². The SMILES string of the molecule is C=CCCC(C)(C1=CC(C)=CC1)C1c2ccccc2-c2c(C)cccc21. The highest BCUT2D eigenvalue weighted by molar-refractivity contribution is 5.82. The molecule has 2 aliphatic rings. The van der Waals surface area contributed by atoms with Crippen LogP contribution in [0.3, 0.4) is 0 Å². The first-order chi connectivity index (χ1) is 12.6. The van der Waals surface area contributed by atoms with Crippen molar-refractivity contribution in [3.05, 3.63) is 95.1 Å². The molecular weight excluding hydrogens is 312 g/mol. The third kappa shape index (κ3) is 2.51. The lowest BCUT2D eigenvalue weighted by atomic mass is 9.64. The molecule has 0 heterocycles. The maximum absolute atomic E-state index is 4.00. The molecule has 0 aromatic heterocycles. The Morgan fingerprint density at radius 1 is 1.08 bits per heavy atom. The smallest absolute Gasteiger partial charge is 0.0193 e. The second-order valence-corrected chi connectivity index (χ2v) is 8.13. The van der Waals surface area contributed by atoms with Crippen LogP contribution in [0.2, 0.25) is 0 Å². The zero-order valence-electron chi connectivity index (χ0n) is 16.2. The van der Waals surface area contributed by atoms with Crippen molar-refractivity contribution in [1.29, 1.82) is 0 Å². The molecule has 132 valence electrons. The first-order valence-corrected chi connectivity index (χ1v) is 9.74. The van der Waals surface area contributed by atoms with Crippen molar-refractivity contribution >= 4 is 0 Å². The lowest BCUT2D eigenvalue weighted by molar-refractivity contribution is 0.321. The first-order valence-electron chi connectivity index (χ1n) is 9.74. The Labute approximate surface area is 158 Å². The number of allylic oxidation sites excluding steroid dienone is 5. The van der Waals surface area contributed by atoms with Crippen molar-refractivity contribution in [3.8, 4) is 11.1 Å². The quantitative estimate of drug-likeness (QED) is 0.499. The summed E-state index contributed by atoms with van der Waals surface area (Å²) >= 11 is 0. The standard InChI is InChI=1S/C26H28/c1-5-6-16-26(4,20-15-14-18(2)17-20)25-22-12-8-7-11-21(22)24-19(3)10-9-13-23(24)25/h5,7-14,17,25H,1,6,15-16H2,2-4H3. The highest BCUT2D eigenvalue weighted by Gasteiger charge is 2.44. The minimum absolute atomic E-state index is 0.109. The predicted octanol–water partition coefficient (Wildman–Crippen LogP) is 7.36. The van der Waals surface area contributed by atoms with E-state index in [0.717, 1.165) is 19.3 Å². The Hall–Kier alpha value is -2.34. The number of fused-ring (bicyclic) bond motifs is 3. The Balaban J connectivity index is 1.93. The van der Waals surface area contributed by atoms with Crippen LogP contribution >= 0.6 is 0 Å². The molecule has 0 aliphatic heterocycles. The molecule has 0 saturated heterocycles. The van der Waals surface area contributed by atoms with Gasteiger partial charge in [0.25, 0.3) is 0 Å². The van der Waals surface area contributed by atoms with Crippen LogP contribution in [-0.2, 0) is 0 Å². The van der Waals surface area contributed by atoms with Gasteiger partial charge in [0.1, 0.15) is 0 Å². The van der Waals surface area contributed by atoms with Gasteiger partial charge in [-0.2, -0.15) is 0 Å². The minimum Gasteiger partial charge on any atom is -0.103 e. The predicted molar refractivity (Wildman–Crippen MR) is 112 cm³/mol. The molecule has 2 aromatic rings. The second-order valence-electron chi connectivity index (χ2n) is 8.13. The molecule has 26 heavy (non-hydrogen) atoms. The Morgan fingerprint density at radius 3 is 2.58 bits per heavy atom. The molecule has 2 aliphatic carbocycles. The van der Waals surface area contributed by atoms with Gasteiger partial charge in [-0.15, -0.1) is 6.58 Å². The molecule has 0 bridgehead atoms. The average molecular weight is 341 g/mol. The van der Waals surface area contributed by atoms with Crippen LogP contribution in [0.5, 0.6) is 0 Å². The van der Waals surface area contributed by atoms with Gasteiger partial charge in [0.2, 0.25) is 0 Å². The van der Waals surface area contributed by atoms with Crippen molar-refractivity contribution in [2.75, 3.05) is 0 Å². The molecule has 0 amide bonds. The summed E-state index contributed by atoms with van der Waals surface area (Å²) in [7, 11) is 0. The number of aryl methyl sites for hydroxylation is 1. The number of rotatable bonds is 5. The average Bonchev–Trinajstić information content (AvgIpc) is 3.22. The van der Waals surface area contributed by atoms with Crippen molar-refractivity contribution < 1.29 is 0 Å². The monoisotopic (exact) mass is 340 g/mol. The van der Waals surface area contributed by atoms with Gasteiger partial charge >= 0.3 is 0 Å². The van der Waals surface area contributed by atoms with Gasteiger partial charge in [0.05, 0.1) is 0 Å². The fraction of sp³-hybridized carbons (Fsp3) is 0.308. The minimum atomic E-state index is 0.109. The van der Waals surface area contributed by atoms with E-state index >= 15 is 0 Å². The van der Waals surface area contributed by atoms with Gasteiger partial charge in [-0.3, -0.25) is 0 Å². The first kappa shape index (κ1) is 17.1. The molecule has 2 aromatic carbocycles. The summed E-state index contributed by atoms with van der Waals surface area (Å²) in [5.41, 5.74) is 10.4. The Morgan fingerprint density at radius 2 is 1.85 bits per heavy atom. The summed E-state index contributed by atoms with van der Waals surface area (Å²) in [6.45, 7) is 11.0. The highest BCUT2D eigenvalue weighted by atomic mass is 14.5. The van der Waals surface area contributed by atoms with Crippen LogP contribution in [0.15, 0.2) is 78.4 Å². The summed E-state index contributed by atoms with van der Waals surface area (Å²) < 4.78 is 0. The normalized spacial score (nSPS) is 20.0. The largest absolute Gasteiger partial charge is 0.103 e. The summed E-state index contributed by atoms with van der Waals surface area (Å²) in [5, 5.41) is 0. The fourth-order valence-electron chi connectivity index (χ4n) is 5.08.